The number of carbonyl (C=O) groups excluding carboxylic acids is 1. The van der Waals surface area contributed by atoms with Crippen LogP contribution in [-0.4, -0.2) is 59.3 Å². The van der Waals surface area contributed by atoms with E-state index in [0.29, 0.717) is 0 Å². The Balaban J connectivity index is 1.97. The van der Waals surface area contributed by atoms with Gasteiger partial charge >= 0.3 is 6.09 Å². The topological polar surface area (TPSA) is 58.8 Å². The minimum atomic E-state index is -0.426. The molecule has 1 atom stereocenters. The van der Waals surface area contributed by atoms with Gasteiger partial charge in [-0.2, -0.15) is 0 Å². The van der Waals surface area contributed by atoms with Gasteiger partial charge in [-0.25, -0.2) is 4.79 Å². The van der Waals surface area contributed by atoms with Gasteiger partial charge in [-0.05, 0) is 53.0 Å². The summed E-state index contributed by atoms with van der Waals surface area (Å²) in [5.74, 6) is 0. The lowest BCUT2D eigenvalue weighted by Crippen LogP contribution is -2.60. The van der Waals surface area contributed by atoms with E-state index in [4.69, 9.17) is 10.5 Å². The van der Waals surface area contributed by atoms with E-state index in [1.807, 2.05) is 25.7 Å². The number of ether oxygens (including phenoxy) is 1. The summed E-state index contributed by atoms with van der Waals surface area (Å²) in [4.78, 5) is 16.6. The van der Waals surface area contributed by atoms with Crippen LogP contribution in [-0.2, 0) is 4.74 Å². The van der Waals surface area contributed by atoms with Crippen LogP contribution in [0.5, 0.6) is 0 Å². The fourth-order valence-corrected chi connectivity index (χ4v) is 3.72. The van der Waals surface area contributed by atoms with Crippen LogP contribution in [0.3, 0.4) is 0 Å². The van der Waals surface area contributed by atoms with Gasteiger partial charge in [-0.15, -0.1) is 0 Å². The molecule has 2 heterocycles. The molecule has 2 rings (SSSR count). The summed E-state index contributed by atoms with van der Waals surface area (Å²) in [5, 5.41) is 0. The van der Waals surface area contributed by atoms with Crippen LogP contribution in [0.2, 0.25) is 0 Å². The summed E-state index contributed by atoms with van der Waals surface area (Å²) >= 11 is 0. The summed E-state index contributed by atoms with van der Waals surface area (Å²) in [7, 11) is 0. The summed E-state index contributed by atoms with van der Waals surface area (Å²) in [6.07, 6.45) is 3.98. The summed E-state index contributed by atoms with van der Waals surface area (Å²) in [6.45, 7) is 11.7. The Bertz CT molecular complexity index is 368. The van der Waals surface area contributed by atoms with Gasteiger partial charge in [0.15, 0.2) is 0 Å². The third-order valence-electron chi connectivity index (χ3n) is 4.80. The number of rotatable bonds is 2. The monoisotopic (exact) mass is 297 g/mol. The zero-order chi connectivity index (χ0) is 15.7. The van der Waals surface area contributed by atoms with Gasteiger partial charge in [0.2, 0.25) is 0 Å². The molecule has 1 unspecified atom stereocenters. The van der Waals surface area contributed by atoms with Crippen LogP contribution in [0, 0.1) is 0 Å². The Hall–Kier alpha value is -0.810. The van der Waals surface area contributed by atoms with E-state index in [-0.39, 0.29) is 17.7 Å². The summed E-state index contributed by atoms with van der Waals surface area (Å²) in [6, 6.07) is 0.241. The fourth-order valence-electron chi connectivity index (χ4n) is 3.72. The quantitative estimate of drug-likeness (QED) is 0.849. The van der Waals surface area contributed by atoms with Crippen molar-refractivity contribution < 1.29 is 9.53 Å². The highest BCUT2D eigenvalue weighted by Crippen LogP contribution is 2.38. The molecule has 1 amide bonds. The van der Waals surface area contributed by atoms with Crippen molar-refractivity contribution in [2.24, 2.45) is 5.73 Å². The molecular weight excluding hydrogens is 266 g/mol. The standard InChI is InChI=1S/C16H31N3O2/c1-5-9-19-10-6-13(17)16(19)7-11-18(12-8-16)14(20)21-15(2,3)4/h13H,5-12,17H2,1-4H3. The van der Waals surface area contributed by atoms with E-state index in [0.717, 1.165) is 51.9 Å². The molecule has 0 aliphatic carbocycles. The van der Waals surface area contributed by atoms with Crippen molar-refractivity contribution in [3.8, 4) is 0 Å². The van der Waals surface area contributed by atoms with Crippen molar-refractivity contribution in [3.63, 3.8) is 0 Å². The number of nitrogens with zero attached hydrogens (tertiary/aromatic N) is 2. The molecule has 122 valence electrons. The predicted molar refractivity (Wildman–Crippen MR) is 84.2 cm³/mol. The van der Waals surface area contributed by atoms with Crippen LogP contribution in [0.15, 0.2) is 0 Å². The van der Waals surface area contributed by atoms with Crippen molar-refractivity contribution in [2.45, 2.75) is 70.6 Å². The fraction of sp³-hybridized carbons (Fsp3) is 0.938. The van der Waals surface area contributed by atoms with Crippen LogP contribution < -0.4 is 5.73 Å². The van der Waals surface area contributed by atoms with Gasteiger partial charge in [0.1, 0.15) is 5.60 Å². The highest BCUT2D eigenvalue weighted by molar-refractivity contribution is 5.68. The first-order valence-corrected chi connectivity index (χ1v) is 8.27. The van der Waals surface area contributed by atoms with Gasteiger partial charge in [0.25, 0.3) is 0 Å². The molecule has 2 saturated heterocycles. The average Bonchev–Trinajstić information content (AvgIpc) is 2.67. The van der Waals surface area contributed by atoms with Gasteiger partial charge in [0.05, 0.1) is 0 Å². The normalized spacial score (nSPS) is 26.3. The predicted octanol–water partition coefficient (Wildman–Crippen LogP) is 2.20. The van der Waals surface area contributed by atoms with E-state index >= 15 is 0 Å². The smallest absolute Gasteiger partial charge is 0.410 e. The van der Waals surface area contributed by atoms with E-state index in [9.17, 15) is 4.79 Å². The minimum Gasteiger partial charge on any atom is -0.444 e. The number of nitrogens with two attached hydrogens (primary N) is 1. The Morgan fingerprint density at radius 2 is 1.90 bits per heavy atom. The Morgan fingerprint density at radius 3 is 2.43 bits per heavy atom. The lowest BCUT2D eigenvalue weighted by Gasteiger charge is -2.47. The van der Waals surface area contributed by atoms with Crippen molar-refractivity contribution in [3.05, 3.63) is 0 Å². The van der Waals surface area contributed by atoms with Crippen LogP contribution >= 0.6 is 0 Å². The number of amides is 1. The van der Waals surface area contributed by atoms with E-state index in [2.05, 4.69) is 11.8 Å². The van der Waals surface area contributed by atoms with Gasteiger partial charge < -0.3 is 15.4 Å². The van der Waals surface area contributed by atoms with E-state index in [1.165, 1.54) is 0 Å². The third-order valence-corrected chi connectivity index (χ3v) is 4.80. The molecule has 1 spiro atoms. The largest absolute Gasteiger partial charge is 0.444 e. The molecule has 0 bridgehead atoms. The van der Waals surface area contributed by atoms with Crippen molar-refractivity contribution >= 4 is 6.09 Å². The zero-order valence-corrected chi connectivity index (χ0v) is 14.0. The van der Waals surface area contributed by atoms with Crippen LogP contribution in [0.25, 0.3) is 0 Å². The molecule has 0 aromatic rings. The number of hydrogen-bond acceptors (Lipinski definition) is 4. The minimum absolute atomic E-state index is 0.106. The number of likely N-dealkylation sites (tertiary alicyclic amines) is 2. The molecule has 2 N–H and O–H groups in total. The lowest BCUT2D eigenvalue weighted by molar-refractivity contribution is 0.000296. The number of piperidine rings is 1. The zero-order valence-electron chi connectivity index (χ0n) is 14.0. The Morgan fingerprint density at radius 1 is 1.29 bits per heavy atom. The second-order valence-electron chi connectivity index (χ2n) is 7.45. The molecule has 21 heavy (non-hydrogen) atoms. The Labute approximate surface area is 128 Å². The lowest BCUT2D eigenvalue weighted by atomic mass is 9.81. The van der Waals surface area contributed by atoms with Crippen LogP contribution in [0.4, 0.5) is 4.79 Å². The van der Waals surface area contributed by atoms with Gasteiger partial charge in [0, 0.05) is 31.2 Å². The first-order valence-electron chi connectivity index (χ1n) is 8.27. The Kier molecular flexibility index (Phi) is 4.83. The van der Waals surface area contributed by atoms with Gasteiger partial charge in [-0.1, -0.05) is 6.92 Å². The molecular formula is C16H31N3O2. The SMILES string of the molecule is CCCN1CCC(N)C12CCN(C(=O)OC(C)(C)C)CC2. The number of hydrogen-bond donors (Lipinski definition) is 1. The first-order chi connectivity index (χ1) is 9.78. The molecule has 5 heteroatoms. The molecule has 2 fully saturated rings. The maximum absolute atomic E-state index is 12.2. The molecule has 5 nitrogen and oxygen atoms in total. The maximum Gasteiger partial charge on any atom is 0.410 e. The highest BCUT2D eigenvalue weighted by Gasteiger charge is 2.48. The molecule has 2 aliphatic rings. The second kappa shape index (κ2) is 6.13. The highest BCUT2D eigenvalue weighted by atomic mass is 16.6. The van der Waals surface area contributed by atoms with E-state index < -0.39 is 5.60 Å². The molecule has 2 aliphatic heterocycles. The summed E-state index contributed by atoms with van der Waals surface area (Å²) in [5.41, 5.74) is 6.09. The van der Waals surface area contributed by atoms with Crippen LogP contribution in [0.1, 0.15) is 53.4 Å². The second-order valence-corrected chi connectivity index (χ2v) is 7.45. The van der Waals surface area contributed by atoms with Crippen molar-refractivity contribution in [1.29, 1.82) is 0 Å². The van der Waals surface area contributed by atoms with Gasteiger partial charge in [-0.3, -0.25) is 4.90 Å². The molecule has 0 aromatic carbocycles. The maximum atomic E-state index is 12.2. The third kappa shape index (κ3) is 3.51. The number of carbonyl (C=O) groups is 1. The first kappa shape index (κ1) is 16.6. The van der Waals surface area contributed by atoms with E-state index in [1.54, 1.807) is 0 Å². The summed E-state index contributed by atoms with van der Waals surface area (Å²) < 4.78 is 5.47. The van der Waals surface area contributed by atoms with Crippen molar-refractivity contribution in [1.82, 2.24) is 9.80 Å². The van der Waals surface area contributed by atoms with Crippen molar-refractivity contribution in [2.75, 3.05) is 26.2 Å². The molecule has 0 aromatic heterocycles. The molecule has 0 radical (unpaired) electrons. The average molecular weight is 297 g/mol. The molecule has 0 saturated carbocycles.